The molecule has 5 heteroatoms. The second kappa shape index (κ2) is 20.3. The molecule has 0 radical (unpaired) electrons. The molecular formula is C28H51O2PS2. The number of rotatable bonds is 22. The Hall–Kier alpha value is 0.140. The first kappa shape index (κ1) is 31.2. The van der Waals surface area contributed by atoms with Gasteiger partial charge in [0.1, 0.15) is 0 Å². The highest BCUT2D eigenvalue weighted by molar-refractivity contribution is 8.67. The molecule has 2 N–H and O–H groups in total. The first-order valence-corrected chi connectivity index (χ1v) is 18.0. The van der Waals surface area contributed by atoms with Crippen LogP contribution in [-0.2, 0) is 24.6 Å². The summed E-state index contributed by atoms with van der Waals surface area (Å²) in [5.41, 5.74) is -0.584. The SMILES string of the molecule is CCCCCCCCCCCc1cccc(SP(O)(O)=S)c1CCCCCCCCCCC. The minimum Gasteiger partial charge on any atom is -0.337 e. The molecule has 1 rings (SSSR count). The zero-order valence-corrected chi connectivity index (χ0v) is 24.1. The maximum absolute atomic E-state index is 9.91. The van der Waals surface area contributed by atoms with Crippen molar-refractivity contribution in [1.82, 2.24) is 0 Å². The molecule has 0 fully saturated rings. The van der Waals surface area contributed by atoms with E-state index >= 15 is 0 Å². The van der Waals surface area contributed by atoms with Crippen LogP contribution in [0.1, 0.15) is 141 Å². The largest absolute Gasteiger partial charge is 0.337 e. The number of benzene rings is 1. The second-order valence-electron chi connectivity index (χ2n) is 9.63. The van der Waals surface area contributed by atoms with Gasteiger partial charge in [0.15, 0.2) is 0 Å². The van der Waals surface area contributed by atoms with Gasteiger partial charge in [0.25, 0.3) is 0 Å². The van der Waals surface area contributed by atoms with Crippen molar-refractivity contribution in [3.8, 4) is 0 Å². The van der Waals surface area contributed by atoms with Gasteiger partial charge in [-0.25, -0.2) is 0 Å². The fourth-order valence-corrected chi connectivity index (χ4v) is 7.32. The van der Waals surface area contributed by atoms with Gasteiger partial charge in [0.2, 0.25) is 5.69 Å². The van der Waals surface area contributed by atoms with Crippen LogP contribution in [0.5, 0.6) is 0 Å². The minimum atomic E-state index is -3.30. The molecule has 0 heterocycles. The standard InChI is InChI=1S/C28H51O2PS2/c1-3-5-7-9-11-13-15-17-19-22-26-23-21-25-28(33-31(29,30)32)27(26)24-20-18-16-14-12-10-8-6-4-2/h21,23,25H,3-20,22,24H2,1-2H3,(H2,29,30,32). The van der Waals surface area contributed by atoms with Crippen molar-refractivity contribution in [2.24, 2.45) is 0 Å². The first-order chi connectivity index (χ1) is 16.0. The van der Waals surface area contributed by atoms with E-state index in [9.17, 15) is 9.79 Å². The average molecular weight is 515 g/mol. The Morgan fingerprint density at radius 1 is 0.636 bits per heavy atom. The summed E-state index contributed by atoms with van der Waals surface area (Å²) in [5.74, 6) is 0. The molecule has 0 unspecified atom stereocenters. The third-order valence-electron chi connectivity index (χ3n) is 6.53. The van der Waals surface area contributed by atoms with Crippen molar-refractivity contribution in [2.45, 2.75) is 147 Å². The van der Waals surface area contributed by atoms with Crippen LogP contribution in [-0.4, -0.2) is 9.79 Å². The lowest BCUT2D eigenvalue weighted by Gasteiger charge is -2.16. The van der Waals surface area contributed by atoms with Gasteiger partial charge in [-0.3, -0.25) is 0 Å². The monoisotopic (exact) mass is 514 g/mol. The van der Waals surface area contributed by atoms with E-state index in [1.165, 1.54) is 127 Å². The molecular weight excluding hydrogens is 463 g/mol. The average Bonchev–Trinajstić information content (AvgIpc) is 2.77. The van der Waals surface area contributed by atoms with E-state index in [4.69, 9.17) is 11.8 Å². The van der Waals surface area contributed by atoms with E-state index in [-0.39, 0.29) is 0 Å². The smallest absolute Gasteiger partial charge is 0.246 e. The van der Waals surface area contributed by atoms with Gasteiger partial charge < -0.3 is 9.79 Å². The van der Waals surface area contributed by atoms with E-state index < -0.39 is 5.69 Å². The van der Waals surface area contributed by atoms with E-state index in [1.54, 1.807) is 0 Å². The summed E-state index contributed by atoms with van der Waals surface area (Å²) < 4.78 is 0. The first-order valence-electron chi connectivity index (χ1n) is 13.8. The third-order valence-corrected chi connectivity index (χ3v) is 9.32. The number of hydrogen-bond acceptors (Lipinski definition) is 2. The highest BCUT2D eigenvalue weighted by Crippen LogP contribution is 2.56. The second-order valence-corrected chi connectivity index (χ2v) is 15.5. The van der Waals surface area contributed by atoms with E-state index in [1.807, 2.05) is 6.07 Å². The molecule has 0 aliphatic rings. The molecule has 0 aliphatic carbocycles. The topological polar surface area (TPSA) is 40.5 Å². The normalized spacial score (nSPS) is 11.9. The molecule has 0 aliphatic heterocycles. The lowest BCUT2D eigenvalue weighted by molar-refractivity contribution is 0.502. The van der Waals surface area contributed by atoms with Crippen molar-refractivity contribution in [1.29, 1.82) is 0 Å². The van der Waals surface area contributed by atoms with Crippen molar-refractivity contribution in [2.75, 3.05) is 0 Å². The van der Waals surface area contributed by atoms with Gasteiger partial charge in [0.05, 0.1) is 0 Å². The molecule has 2 nitrogen and oxygen atoms in total. The molecule has 33 heavy (non-hydrogen) atoms. The van der Waals surface area contributed by atoms with E-state index in [0.717, 1.165) is 29.1 Å². The van der Waals surface area contributed by atoms with Gasteiger partial charge in [-0.2, -0.15) is 0 Å². The van der Waals surface area contributed by atoms with Gasteiger partial charge in [0, 0.05) is 4.90 Å². The Balaban J connectivity index is 2.46. The molecule has 192 valence electrons. The van der Waals surface area contributed by atoms with Crippen LogP contribution in [0.3, 0.4) is 0 Å². The maximum atomic E-state index is 9.91. The van der Waals surface area contributed by atoms with Crippen LogP contribution in [0.25, 0.3) is 0 Å². The number of unbranched alkanes of at least 4 members (excludes halogenated alkanes) is 16. The summed E-state index contributed by atoms with van der Waals surface area (Å²) in [6.07, 6.45) is 26.1. The number of hydrogen-bond donors (Lipinski definition) is 2. The van der Waals surface area contributed by atoms with Crippen molar-refractivity contribution in [3.63, 3.8) is 0 Å². The lowest BCUT2D eigenvalue weighted by Crippen LogP contribution is -1.98. The predicted molar refractivity (Wildman–Crippen MR) is 153 cm³/mol. The Morgan fingerprint density at radius 3 is 1.52 bits per heavy atom. The predicted octanol–water partition coefficient (Wildman–Crippen LogP) is 10.1. The summed E-state index contributed by atoms with van der Waals surface area (Å²) in [6.45, 7) is 4.54. The van der Waals surface area contributed by atoms with Gasteiger partial charge in [-0.05, 0) is 66.1 Å². The maximum Gasteiger partial charge on any atom is 0.246 e. The van der Waals surface area contributed by atoms with Gasteiger partial charge >= 0.3 is 0 Å². The van der Waals surface area contributed by atoms with Crippen LogP contribution in [0.2, 0.25) is 0 Å². The Bertz CT molecular complexity index is 645. The molecule has 0 saturated carbocycles. The highest BCUT2D eigenvalue weighted by Gasteiger charge is 2.16. The lowest BCUT2D eigenvalue weighted by atomic mass is 9.96. The van der Waals surface area contributed by atoms with E-state index in [2.05, 4.69) is 26.0 Å². The van der Waals surface area contributed by atoms with E-state index in [0.29, 0.717) is 0 Å². The fraction of sp³-hybridized carbons (Fsp3) is 0.786. The van der Waals surface area contributed by atoms with Gasteiger partial charge in [-0.15, -0.1) is 0 Å². The quantitative estimate of drug-likeness (QED) is 0.119. The summed E-state index contributed by atoms with van der Waals surface area (Å²) >= 11 is 6.06. The highest BCUT2D eigenvalue weighted by atomic mass is 32.9. The Labute approximate surface area is 214 Å². The molecule has 0 bridgehead atoms. The molecule has 1 aromatic carbocycles. The van der Waals surface area contributed by atoms with Crippen LogP contribution < -0.4 is 0 Å². The van der Waals surface area contributed by atoms with Crippen molar-refractivity contribution >= 4 is 28.9 Å². The zero-order valence-electron chi connectivity index (χ0n) is 21.5. The molecule has 0 aromatic heterocycles. The van der Waals surface area contributed by atoms with Crippen LogP contribution in [0.15, 0.2) is 23.1 Å². The summed E-state index contributed by atoms with van der Waals surface area (Å²) in [5, 5.41) is 0. The van der Waals surface area contributed by atoms with Crippen LogP contribution >= 0.6 is 17.1 Å². The Kier molecular flexibility index (Phi) is 19.2. The molecule has 1 aromatic rings. The van der Waals surface area contributed by atoms with Gasteiger partial charge in [-0.1, -0.05) is 129 Å². The fourth-order valence-electron chi connectivity index (χ4n) is 4.58. The summed E-state index contributed by atoms with van der Waals surface area (Å²) in [7, 11) is 0. The molecule has 0 saturated heterocycles. The Morgan fingerprint density at radius 2 is 1.06 bits per heavy atom. The summed E-state index contributed by atoms with van der Waals surface area (Å²) in [4.78, 5) is 20.8. The van der Waals surface area contributed by atoms with Crippen molar-refractivity contribution < 1.29 is 9.79 Å². The third kappa shape index (κ3) is 17.3. The van der Waals surface area contributed by atoms with Crippen LogP contribution in [0.4, 0.5) is 0 Å². The minimum absolute atomic E-state index is 0.997. The zero-order chi connectivity index (χ0) is 24.2. The summed E-state index contributed by atoms with van der Waals surface area (Å²) in [6, 6.07) is 6.34. The molecule has 0 spiro atoms. The van der Waals surface area contributed by atoms with Crippen molar-refractivity contribution in [3.05, 3.63) is 29.3 Å². The number of aryl methyl sites for hydroxylation is 1. The van der Waals surface area contributed by atoms with Crippen LogP contribution in [0, 0.1) is 0 Å². The molecule has 0 atom stereocenters. The molecule has 0 amide bonds.